The van der Waals surface area contributed by atoms with Gasteiger partial charge in [-0.05, 0) is 38.0 Å². The molecule has 0 bridgehead atoms. The third-order valence-electron chi connectivity index (χ3n) is 3.21. The van der Waals surface area contributed by atoms with Gasteiger partial charge in [0.1, 0.15) is 0 Å². The Morgan fingerprint density at radius 1 is 1.54 bits per heavy atom. The molecule has 0 aromatic heterocycles. The Labute approximate surface area is 85.0 Å². The van der Waals surface area contributed by atoms with E-state index >= 15 is 0 Å². The maximum absolute atomic E-state index is 2.46. The average Bonchev–Trinajstić information content (AvgIpc) is 2.04. The van der Waals surface area contributed by atoms with Crippen LogP contribution in [-0.2, 0) is 0 Å². The van der Waals surface area contributed by atoms with Crippen molar-refractivity contribution in [2.24, 2.45) is 11.8 Å². The zero-order chi connectivity index (χ0) is 9.84. The molecule has 0 N–H and O–H groups in total. The van der Waals surface area contributed by atoms with Crippen molar-refractivity contribution in [2.75, 3.05) is 0 Å². The van der Waals surface area contributed by atoms with Crippen LogP contribution in [0.15, 0.2) is 11.6 Å². The number of rotatable bonds is 3. The first-order chi connectivity index (χ1) is 6.09. The maximum Gasteiger partial charge on any atom is 0.0415 e. The van der Waals surface area contributed by atoms with Crippen molar-refractivity contribution in [3.63, 3.8) is 0 Å². The quantitative estimate of drug-likeness (QED) is 0.469. The predicted octanol–water partition coefficient (Wildman–Crippen LogP) is 4.12. The monoisotopic (exact) mass is 195 g/mol. The van der Waals surface area contributed by atoms with E-state index < -0.39 is 0 Å². The van der Waals surface area contributed by atoms with Gasteiger partial charge in [-0.15, -0.1) is 0 Å². The van der Waals surface area contributed by atoms with E-state index in [1.54, 1.807) is 5.57 Å². The van der Waals surface area contributed by atoms with Crippen molar-refractivity contribution in [3.8, 4) is 0 Å². The lowest BCUT2D eigenvalue weighted by molar-refractivity contribution is 0.349. The van der Waals surface area contributed by atoms with Gasteiger partial charge in [0.15, 0.2) is 0 Å². The summed E-state index contributed by atoms with van der Waals surface area (Å²) in [4.78, 5) is 0. The van der Waals surface area contributed by atoms with Gasteiger partial charge in [-0.1, -0.05) is 37.7 Å². The van der Waals surface area contributed by atoms with Gasteiger partial charge in [-0.2, -0.15) is 0 Å². The van der Waals surface area contributed by atoms with Crippen LogP contribution in [-0.4, -0.2) is 8.80 Å². The molecule has 75 valence electrons. The van der Waals surface area contributed by atoms with Crippen molar-refractivity contribution in [2.45, 2.75) is 52.2 Å². The van der Waals surface area contributed by atoms with Crippen molar-refractivity contribution >= 4 is 8.80 Å². The van der Waals surface area contributed by atoms with Crippen LogP contribution >= 0.6 is 0 Å². The van der Waals surface area contributed by atoms with Crippen molar-refractivity contribution in [1.29, 1.82) is 0 Å². The molecule has 1 radical (unpaired) electrons. The minimum absolute atomic E-state index is 0.0161. The van der Waals surface area contributed by atoms with E-state index in [0.717, 1.165) is 11.8 Å². The van der Waals surface area contributed by atoms with Crippen molar-refractivity contribution in [1.82, 2.24) is 0 Å². The van der Waals surface area contributed by atoms with Gasteiger partial charge in [0.05, 0.1) is 0 Å². The summed E-state index contributed by atoms with van der Waals surface area (Å²) >= 11 is 0. The first-order valence-electron chi connectivity index (χ1n) is 5.54. The van der Waals surface area contributed by atoms with Crippen LogP contribution in [0.5, 0.6) is 0 Å². The van der Waals surface area contributed by atoms with Crippen molar-refractivity contribution < 1.29 is 0 Å². The van der Waals surface area contributed by atoms with E-state index in [0.29, 0.717) is 0 Å². The molecule has 0 heterocycles. The molecule has 0 nitrogen and oxygen atoms in total. The fraction of sp³-hybridized carbons (Fsp3) is 0.833. The fourth-order valence-electron chi connectivity index (χ4n) is 2.31. The molecule has 2 unspecified atom stereocenters. The van der Waals surface area contributed by atoms with E-state index in [-0.39, 0.29) is 8.80 Å². The molecule has 0 aromatic carbocycles. The molecule has 0 aromatic rings. The third-order valence-corrected chi connectivity index (χ3v) is 4.67. The number of allylic oxidation sites excluding steroid dienone is 2. The lowest BCUT2D eigenvalue weighted by Gasteiger charge is -2.27. The largest absolute Gasteiger partial charge is 0.0853 e. The Bertz CT molecular complexity index is 182. The number of hydrogen-bond acceptors (Lipinski definition) is 0. The van der Waals surface area contributed by atoms with Gasteiger partial charge in [-0.25, -0.2) is 0 Å². The maximum atomic E-state index is 2.46. The molecule has 2 atom stereocenters. The molecule has 0 spiro atoms. The van der Waals surface area contributed by atoms with Crippen LogP contribution in [0.1, 0.15) is 33.1 Å². The van der Waals surface area contributed by atoms with Crippen LogP contribution in [0, 0.1) is 11.8 Å². The van der Waals surface area contributed by atoms with E-state index in [9.17, 15) is 0 Å². The summed E-state index contributed by atoms with van der Waals surface area (Å²) in [5.74, 6) is 1.96. The van der Waals surface area contributed by atoms with E-state index in [1.807, 2.05) is 0 Å². The normalized spacial score (nSPS) is 25.9. The molecule has 13 heavy (non-hydrogen) atoms. The topological polar surface area (TPSA) is 0 Å². The molecule has 0 saturated heterocycles. The molecule has 1 heteroatoms. The summed E-state index contributed by atoms with van der Waals surface area (Å²) in [7, 11) is -0.0161. The van der Waals surface area contributed by atoms with Gasteiger partial charge in [0, 0.05) is 8.80 Å². The molecule has 1 rings (SSSR count). The lowest BCUT2D eigenvalue weighted by Crippen LogP contribution is -2.18. The smallest absolute Gasteiger partial charge is 0.0415 e. The molecule has 0 amide bonds. The van der Waals surface area contributed by atoms with Gasteiger partial charge in [0.25, 0.3) is 0 Å². The predicted molar refractivity (Wildman–Crippen MR) is 62.6 cm³/mol. The van der Waals surface area contributed by atoms with Crippen LogP contribution in [0.2, 0.25) is 19.1 Å². The SMILES string of the molecule is CC1=CCC(C(C)C[Si](C)C)CC1. The second-order valence-corrected chi connectivity index (χ2v) is 7.80. The minimum Gasteiger partial charge on any atom is -0.0853 e. The molecule has 1 aliphatic rings. The van der Waals surface area contributed by atoms with Gasteiger partial charge in [-0.3, -0.25) is 0 Å². The summed E-state index contributed by atoms with van der Waals surface area (Å²) in [6, 6.07) is 1.50. The summed E-state index contributed by atoms with van der Waals surface area (Å²) < 4.78 is 0. The van der Waals surface area contributed by atoms with E-state index in [4.69, 9.17) is 0 Å². The molecule has 0 fully saturated rings. The molecular weight excluding hydrogens is 172 g/mol. The van der Waals surface area contributed by atoms with Gasteiger partial charge >= 0.3 is 0 Å². The zero-order valence-electron chi connectivity index (χ0n) is 9.56. The van der Waals surface area contributed by atoms with Crippen LogP contribution in [0.3, 0.4) is 0 Å². The van der Waals surface area contributed by atoms with Crippen molar-refractivity contribution in [3.05, 3.63) is 11.6 Å². The first kappa shape index (κ1) is 11.0. The van der Waals surface area contributed by atoms with E-state index in [1.165, 1.54) is 25.3 Å². The van der Waals surface area contributed by atoms with Crippen LogP contribution < -0.4 is 0 Å². The summed E-state index contributed by atoms with van der Waals surface area (Å²) in [5.41, 5.74) is 1.61. The molecule has 0 saturated carbocycles. The fourth-order valence-corrected chi connectivity index (χ4v) is 3.93. The second kappa shape index (κ2) is 4.99. The molecule has 1 aliphatic carbocycles. The molecular formula is C12H23Si. The highest BCUT2D eigenvalue weighted by atomic mass is 28.3. The number of hydrogen-bond donors (Lipinski definition) is 0. The van der Waals surface area contributed by atoms with E-state index in [2.05, 4.69) is 33.0 Å². The highest BCUT2D eigenvalue weighted by molar-refractivity contribution is 6.55. The summed E-state index contributed by atoms with van der Waals surface area (Å²) in [6.07, 6.45) is 6.60. The second-order valence-electron chi connectivity index (χ2n) is 4.97. The summed E-state index contributed by atoms with van der Waals surface area (Å²) in [5, 5.41) is 0. The van der Waals surface area contributed by atoms with Crippen LogP contribution in [0.4, 0.5) is 0 Å². The highest BCUT2D eigenvalue weighted by Gasteiger charge is 2.19. The Morgan fingerprint density at radius 2 is 2.23 bits per heavy atom. The van der Waals surface area contributed by atoms with Gasteiger partial charge < -0.3 is 0 Å². The van der Waals surface area contributed by atoms with Crippen LogP contribution in [0.25, 0.3) is 0 Å². The van der Waals surface area contributed by atoms with Gasteiger partial charge in [0.2, 0.25) is 0 Å². The Balaban J connectivity index is 2.36. The highest BCUT2D eigenvalue weighted by Crippen LogP contribution is 2.31. The molecule has 0 aliphatic heterocycles. The Kier molecular flexibility index (Phi) is 4.24. The minimum atomic E-state index is -0.0161. The lowest BCUT2D eigenvalue weighted by atomic mass is 9.83. The Morgan fingerprint density at radius 3 is 2.69 bits per heavy atom. The average molecular weight is 195 g/mol. The standard InChI is InChI=1S/C12H23Si/c1-10-5-7-12(8-6-10)11(2)9-13(3)4/h5,11-12H,6-9H2,1-4H3. The first-order valence-corrected chi connectivity index (χ1v) is 8.25. The zero-order valence-corrected chi connectivity index (χ0v) is 10.6. The third kappa shape index (κ3) is 3.68. The summed E-state index contributed by atoms with van der Waals surface area (Å²) in [6.45, 7) is 9.60. The Hall–Kier alpha value is -0.0431.